The zero-order chi connectivity index (χ0) is 15.5. The largest absolute Gasteiger partial charge is 0.336 e. The number of nitrogens with zero attached hydrogens (tertiary/aromatic N) is 2. The van der Waals surface area contributed by atoms with E-state index < -0.39 is 0 Å². The molecule has 0 aliphatic carbocycles. The van der Waals surface area contributed by atoms with E-state index in [2.05, 4.69) is 10.3 Å². The number of likely N-dealkylation sites (tertiary alicyclic amines) is 1. The van der Waals surface area contributed by atoms with E-state index in [-0.39, 0.29) is 42.7 Å². The minimum absolute atomic E-state index is 0. The summed E-state index contributed by atoms with van der Waals surface area (Å²) in [4.78, 5) is 30.8. The van der Waals surface area contributed by atoms with Crippen molar-refractivity contribution in [3.05, 3.63) is 46.4 Å². The number of nitrogens with two attached hydrogens (primary N) is 1. The van der Waals surface area contributed by atoms with Crippen LogP contribution in [-0.4, -0.2) is 40.8 Å². The minimum Gasteiger partial charge on any atom is -0.336 e. The third kappa shape index (κ3) is 4.45. The number of thiophene rings is 1. The molecule has 24 heavy (non-hydrogen) atoms. The van der Waals surface area contributed by atoms with Crippen molar-refractivity contribution in [2.45, 2.75) is 12.5 Å². The highest BCUT2D eigenvalue weighted by atomic mass is 35.5. The minimum atomic E-state index is -0.257. The van der Waals surface area contributed by atoms with Crippen LogP contribution >= 0.6 is 36.2 Å². The average molecular weight is 389 g/mol. The number of amides is 2. The zero-order valence-corrected chi connectivity index (χ0v) is 15.1. The van der Waals surface area contributed by atoms with E-state index in [1.165, 1.54) is 11.3 Å². The van der Waals surface area contributed by atoms with Crippen molar-refractivity contribution in [3.63, 3.8) is 0 Å². The summed E-state index contributed by atoms with van der Waals surface area (Å²) in [5, 5.41) is 4.58. The summed E-state index contributed by atoms with van der Waals surface area (Å²) in [6, 6.07) is 5.04. The van der Waals surface area contributed by atoms with E-state index in [1.807, 2.05) is 0 Å². The van der Waals surface area contributed by atoms with Gasteiger partial charge in [-0.05, 0) is 30.0 Å². The van der Waals surface area contributed by atoms with Gasteiger partial charge in [0.15, 0.2) is 0 Å². The molecule has 6 nitrogen and oxygen atoms in total. The number of anilines is 1. The van der Waals surface area contributed by atoms with Gasteiger partial charge in [-0.3, -0.25) is 14.6 Å². The third-order valence-electron chi connectivity index (χ3n) is 3.56. The Morgan fingerprint density at radius 2 is 1.96 bits per heavy atom. The van der Waals surface area contributed by atoms with Crippen LogP contribution in [0.5, 0.6) is 0 Å². The summed E-state index contributed by atoms with van der Waals surface area (Å²) in [5.74, 6) is -0.332. The SMILES string of the molecule is Cl.Cl.N[C@@H]1CCN(C(=O)c2sccc2NC(=O)c2ccncc2)C1. The van der Waals surface area contributed by atoms with Crippen molar-refractivity contribution in [1.82, 2.24) is 9.88 Å². The van der Waals surface area contributed by atoms with Gasteiger partial charge in [-0.25, -0.2) is 0 Å². The Kier molecular flexibility index (Phi) is 7.62. The van der Waals surface area contributed by atoms with Crippen molar-refractivity contribution in [2.75, 3.05) is 18.4 Å². The Labute approximate surface area is 156 Å². The lowest BCUT2D eigenvalue weighted by Gasteiger charge is -2.16. The molecule has 1 saturated heterocycles. The highest BCUT2D eigenvalue weighted by molar-refractivity contribution is 7.12. The van der Waals surface area contributed by atoms with Gasteiger partial charge in [0.2, 0.25) is 0 Å². The first-order valence-electron chi connectivity index (χ1n) is 6.99. The third-order valence-corrected chi connectivity index (χ3v) is 4.46. The highest BCUT2D eigenvalue weighted by Crippen LogP contribution is 2.26. The molecular formula is C15H18Cl2N4O2S. The molecule has 2 aromatic heterocycles. The summed E-state index contributed by atoms with van der Waals surface area (Å²) in [5.41, 5.74) is 6.89. The van der Waals surface area contributed by atoms with Gasteiger partial charge in [0, 0.05) is 37.1 Å². The second-order valence-corrected chi connectivity index (χ2v) is 6.07. The Hall–Kier alpha value is -1.67. The maximum Gasteiger partial charge on any atom is 0.266 e. The summed E-state index contributed by atoms with van der Waals surface area (Å²) >= 11 is 1.32. The second-order valence-electron chi connectivity index (χ2n) is 5.15. The zero-order valence-electron chi connectivity index (χ0n) is 12.7. The van der Waals surface area contributed by atoms with E-state index >= 15 is 0 Å². The van der Waals surface area contributed by atoms with Crippen molar-refractivity contribution in [1.29, 1.82) is 0 Å². The fourth-order valence-corrected chi connectivity index (χ4v) is 3.20. The predicted molar refractivity (Wildman–Crippen MR) is 99.5 cm³/mol. The summed E-state index contributed by atoms with van der Waals surface area (Å²) in [7, 11) is 0. The number of carbonyl (C=O) groups is 2. The maximum absolute atomic E-state index is 12.5. The van der Waals surface area contributed by atoms with Gasteiger partial charge in [0.25, 0.3) is 11.8 Å². The lowest BCUT2D eigenvalue weighted by Crippen LogP contribution is -2.32. The molecule has 2 aromatic rings. The number of nitrogens with one attached hydrogen (secondary N) is 1. The number of pyridine rings is 1. The maximum atomic E-state index is 12.5. The molecule has 1 atom stereocenters. The molecular weight excluding hydrogens is 371 g/mol. The first-order valence-corrected chi connectivity index (χ1v) is 7.87. The van der Waals surface area contributed by atoms with Crippen LogP contribution < -0.4 is 11.1 Å². The lowest BCUT2D eigenvalue weighted by atomic mass is 10.2. The molecule has 0 radical (unpaired) electrons. The van der Waals surface area contributed by atoms with Crippen LogP contribution in [0, 0.1) is 0 Å². The molecule has 9 heteroatoms. The average Bonchev–Trinajstić information content (AvgIpc) is 3.16. The molecule has 1 aliphatic heterocycles. The molecule has 0 saturated carbocycles. The van der Waals surface area contributed by atoms with Gasteiger partial charge in [-0.15, -0.1) is 36.2 Å². The number of hydrogen-bond donors (Lipinski definition) is 2. The van der Waals surface area contributed by atoms with E-state index in [0.717, 1.165) is 6.42 Å². The van der Waals surface area contributed by atoms with Crippen LogP contribution in [0.25, 0.3) is 0 Å². The van der Waals surface area contributed by atoms with Crippen LogP contribution in [0.2, 0.25) is 0 Å². The van der Waals surface area contributed by atoms with Crippen LogP contribution in [0.4, 0.5) is 5.69 Å². The summed E-state index contributed by atoms with van der Waals surface area (Å²) in [6.45, 7) is 1.23. The molecule has 0 spiro atoms. The highest BCUT2D eigenvalue weighted by Gasteiger charge is 2.27. The molecule has 0 unspecified atom stereocenters. The van der Waals surface area contributed by atoms with Crippen LogP contribution in [0.15, 0.2) is 36.0 Å². The number of carbonyl (C=O) groups excluding carboxylic acids is 2. The monoisotopic (exact) mass is 388 g/mol. The van der Waals surface area contributed by atoms with Gasteiger partial charge >= 0.3 is 0 Å². The van der Waals surface area contributed by atoms with Gasteiger partial charge in [0.05, 0.1) is 5.69 Å². The Morgan fingerprint density at radius 1 is 1.25 bits per heavy atom. The predicted octanol–water partition coefficient (Wildman–Crippen LogP) is 2.41. The Balaban J connectivity index is 0.00000144. The lowest BCUT2D eigenvalue weighted by molar-refractivity contribution is 0.0796. The van der Waals surface area contributed by atoms with Crippen molar-refractivity contribution >= 4 is 53.7 Å². The van der Waals surface area contributed by atoms with Gasteiger partial charge in [0.1, 0.15) is 4.88 Å². The fourth-order valence-electron chi connectivity index (χ4n) is 2.39. The number of halogens is 2. The topological polar surface area (TPSA) is 88.3 Å². The molecule has 0 bridgehead atoms. The molecule has 3 rings (SSSR count). The molecule has 1 aliphatic rings. The van der Waals surface area contributed by atoms with Crippen LogP contribution in [0.3, 0.4) is 0 Å². The summed E-state index contributed by atoms with van der Waals surface area (Å²) in [6.07, 6.45) is 3.93. The smallest absolute Gasteiger partial charge is 0.266 e. The Morgan fingerprint density at radius 3 is 2.58 bits per heavy atom. The summed E-state index contributed by atoms with van der Waals surface area (Å²) < 4.78 is 0. The van der Waals surface area contributed by atoms with Crippen molar-refractivity contribution in [3.8, 4) is 0 Å². The van der Waals surface area contributed by atoms with E-state index in [0.29, 0.717) is 29.2 Å². The standard InChI is InChI=1S/C15H16N4O2S.2ClH/c16-11-3-7-19(9-11)15(21)13-12(4-8-22-13)18-14(20)10-1-5-17-6-2-10;;/h1-2,4-6,8,11H,3,7,9,16H2,(H,18,20);2*1H/t11-;;/m1../s1. The van der Waals surface area contributed by atoms with Crippen LogP contribution in [0.1, 0.15) is 26.5 Å². The van der Waals surface area contributed by atoms with Crippen LogP contribution in [-0.2, 0) is 0 Å². The van der Waals surface area contributed by atoms with Crippen molar-refractivity contribution in [2.24, 2.45) is 5.73 Å². The van der Waals surface area contributed by atoms with E-state index in [9.17, 15) is 9.59 Å². The normalized spacial score (nSPS) is 16.0. The molecule has 1 fully saturated rings. The van der Waals surface area contributed by atoms with E-state index in [1.54, 1.807) is 40.9 Å². The second kappa shape index (κ2) is 8.98. The molecule has 3 heterocycles. The van der Waals surface area contributed by atoms with E-state index in [4.69, 9.17) is 5.73 Å². The number of hydrogen-bond acceptors (Lipinski definition) is 5. The molecule has 2 amide bonds. The first kappa shape index (κ1) is 20.4. The molecule has 0 aromatic carbocycles. The fraction of sp³-hybridized carbons (Fsp3) is 0.267. The van der Waals surface area contributed by atoms with Gasteiger partial charge < -0.3 is 16.0 Å². The number of rotatable bonds is 3. The molecule has 3 N–H and O–H groups in total. The van der Waals surface area contributed by atoms with Gasteiger partial charge in [-0.2, -0.15) is 0 Å². The van der Waals surface area contributed by atoms with Crippen molar-refractivity contribution < 1.29 is 9.59 Å². The number of aromatic nitrogens is 1. The first-order chi connectivity index (χ1) is 10.6. The molecule has 130 valence electrons. The Bertz CT molecular complexity index is 696. The quantitative estimate of drug-likeness (QED) is 0.844. The van der Waals surface area contributed by atoms with Gasteiger partial charge in [-0.1, -0.05) is 0 Å².